The van der Waals surface area contributed by atoms with Crippen molar-refractivity contribution in [3.05, 3.63) is 64.2 Å². The number of amides is 2. The number of carbonyl (C=O) groups excluding carboxylic acids is 2. The lowest BCUT2D eigenvalue weighted by atomic mass is 10.1. The summed E-state index contributed by atoms with van der Waals surface area (Å²) in [4.78, 5) is 38.7. The number of aryl methyl sites for hydroxylation is 1. The lowest BCUT2D eigenvalue weighted by molar-refractivity contribution is -0.384. The highest BCUT2D eigenvalue weighted by atomic mass is 16.6. The molecule has 2 aromatic carbocycles. The van der Waals surface area contributed by atoms with Gasteiger partial charge in [0.1, 0.15) is 0 Å². The number of benzene rings is 2. The second-order valence-electron chi connectivity index (χ2n) is 7.57. The van der Waals surface area contributed by atoms with Gasteiger partial charge in [-0.15, -0.1) is 0 Å². The fraction of sp³-hybridized carbons (Fsp3) is 0.364. The van der Waals surface area contributed by atoms with Crippen molar-refractivity contribution >= 4 is 28.9 Å². The summed E-state index contributed by atoms with van der Waals surface area (Å²) in [5.41, 5.74) is 2.65. The molecule has 0 radical (unpaired) electrons. The molecule has 0 unspecified atom stereocenters. The number of likely N-dealkylation sites (N-methyl/N-ethyl adjacent to an activating group) is 1. The summed E-state index contributed by atoms with van der Waals surface area (Å²) in [5.74, 6) is -1.53. The molecule has 164 valence electrons. The largest absolute Gasteiger partial charge is 0.369 e. The first kappa shape index (κ1) is 22.2. The van der Waals surface area contributed by atoms with Crippen LogP contribution in [-0.2, 0) is 16.0 Å². The molecular formula is C22H27N5O4. The number of piperazine rings is 1. The van der Waals surface area contributed by atoms with E-state index in [-0.39, 0.29) is 5.69 Å². The monoisotopic (exact) mass is 425 g/mol. The Kier molecular flexibility index (Phi) is 7.55. The maximum absolute atomic E-state index is 11.9. The van der Waals surface area contributed by atoms with Crippen LogP contribution in [0.15, 0.2) is 48.5 Å². The highest BCUT2D eigenvalue weighted by molar-refractivity contribution is 6.39. The van der Waals surface area contributed by atoms with Crippen LogP contribution in [-0.4, -0.2) is 61.4 Å². The number of nitro groups is 1. The van der Waals surface area contributed by atoms with Crippen molar-refractivity contribution in [3.8, 4) is 0 Å². The van der Waals surface area contributed by atoms with Crippen molar-refractivity contribution in [2.24, 2.45) is 0 Å². The quantitative estimate of drug-likeness (QED) is 0.304. The Labute approximate surface area is 181 Å². The van der Waals surface area contributed by atoms with Gasteiger partial charge in [-0.25, -0.2) is 0 Å². The third-order valence-electron chi connectivity index (χ3n) is 5.27. The number of anilines is 2. The molecule has 2 N–H and O–H groups in total. The number of rotatable bonds is 7. The van der Waals surface area contributed by atoms with Crippen LogP contribution in [0.1, 0.15) is 12.0 Å². The zero-order valence-electron chi connectivity index (χ0n) is 17.5. The topological polar surface area (TPSA) is 108 Å². The molecule has 1 aliphatic heterocycles. The molecule has 0 aliphatic carbocycles. The first-order valence-electron chi connectivity index (χ1n) is 10.3. The maximum Gasteiger partial charge on any atom is 0.313 e. The molecule has 2 amide bonds. The van der Waals surface area contributed by atoms with Crippen LogP contribution in [0.3, 0.4) is 0 Å². The van der Waals surface area contributed by atoms with Gasteiger partial charge < -0.3 is 20.4 Å². The molecule has 1 fully saturated rings. The molecule has 1 saturated heterocycles. The average molecular weight is 425 g/mol. The molecule has 9 heteroatoms. The fourth-order valence-electron chi connectivity index (χ4n) is 3.37. The predicted octanol–water partition coefficient (Wildman–Crippen LogP) is 2.03. The normalized spacial score (nSPS) is 14.2. The summed E-state index contributed by atoms with van der Waals surface area (Å²) in [6.07, 6.45) is 1.51. The molecular weight excluding hydrogens is 398 g/mol. The lowest BCUT2D eigenvalue weighted by Gasteiger charge is -2.34. The zero-order chi connectivity index (χ0) is 22.2. The van der Waals surface area contributed by atoms with Gasteiger partial charge in [0.2, 0.25) is 0 Å². The zero-order valence-corrected chi connectivity index (χ0v) is 17.5. The second-order valence-corrected chi connectivity index (χ2v) is 7.57. The van der Waals surface area contributed by atoms with E-state index in [1.807, 2.05) is 0 Å². The van der Waals surface area contributed by atoms with Gasteiger partial charge in [-0.3, -0.25) is 19.7 Å². The van der Waals surface area contributed by atoms with Gasteiger partial charge in [-0.05, 0) is 49.7 Å². The van der Waals surface area contributed by atoms with Crippen LogP contribution >= 0.6 is 0 Å². The van der Waals surface area contributed by atoms with Gasteiger partial charge >= 0.3 is 11.8 Å². The van der Waals surface area contributed by atoms with E-state index in [0.717, 1.165) is 32.6 Å². The number of hydrogen-bond donors (Lipinski definition) is 2. The highest BCUT2D eigenvalue weighted by Gasteiger charge is 2.15. The van der Waals surface area contributed by atoms with E-state index in [1.54, 1.807) is 0 Å². The molecule has 0 aromatic heterocycles. The highest BCUT2D eigenvalue weighted by Crippen LogP contribution is 2.18. The third kappa shape index (κ3) is 6.51. The summed E-state index contributed by atoms with van der Waals surface area (Å²) >= 11 is 0. The van der Waals surface area contributed by atoms with E-state index < -0.39 is 16.7 Å². The third-order valence-corrected chi connectivity index (χ3v) is 5.27. The molecule has 2 aromatic rings. The Balaban J connectivity index is 1.37. The lowest BCUT2D eigenvalue weighted by Crippen LogP contribution is -2.44. The van der Waals surface area contributed by atoms with Crippen molar-refractivity contribution in [3.63, 3.8) is 0 Å². The number of nitrogens with one attached hydrogen (secondary N) is 2. The molecule has 0 spiro atoms. The van der Waals surface area contributed by atoms with E-state index in [9.17, 15) is 19.7 Å². The van der Waals surface area contributed by atoms with Crippen LogP contribution in [0.4, 0.5) is 17.1 Å². The molecule has 1 heterocycles. The molecule has 3 rings (SSSR count). The number of nitro benzene ring substituents is 1. The van der Waals surface area contributed by atoms with Crippen LogP contribution in [0, 0.1) is 10.1 Å². The van der Waals surface area contributed by atoms with Crippen LogP contribution < -0.4 is 15.5 Å². The molecule has 0 atom stereocenters. The van der Waals surface area contributed by atoms with E-state index in [4.69, 9.17) is 0 Å². The Morgan fingerprint density at radius 2 is 1.61 bits per heavy atom. The molecule has 9 nitrogen and oxygen atoms in total. The Morgan fingerprint density at radius 1 is 0.968 bits per heavy atom. The predicted molar refractivity (Wildman–Crippen MR) is 119 cm³/mol. The van der Waals surface area contributed by atoms with Crippen molar-refractivity contribution < 1.29 is 14.5 Å². The van der Waals surface area contributed by atoms with Crippen LogP contribution in [0.2, 0.25) is 0 Å². The summed E-state index contributed by atoms with van der Waals surface area (Å²) < 4.78 is 0. The van der Waals surface area contributed by atoms with Gasteiger partial charge in [0, 0.05) is 56.2 Å². The summed E-state index contributed by atoms with van der Waals surface area (Å²) in [6, 6.07) is 13.8. The number of carbonyl (C=O) groups is 2. The molecule has 0 saturated carbocycles. The minimum absolute atomic E-state index is 0.0842. The smallest absolute Gasteiger partial charge is 0.313 e. The minimum atomic E-state index is -0.801. The van der Waals surface area contributed by atoms with Crippen molar-refractivity contribution in [1.29, 1.82) is 0 Å². The number of nitrogens with zero attached hydrogens (tertiary/aromatic N) is 3. The minimum Gasteiger partial charge on any atom is -0.369 e. The Hall–Kier alpha value is -3.46. The Morgan fingerprint density at radius 3 is 2.23 bits per heavy atom. The van der Waals surface area contributed by atoms with Crippen molar-refractivity contribution in [2.45, 2.75) is 12.8 Å². The first-order valence-corrected chi connectivity index (χ1v) is 10.3. The van der Waals surface area contributed by atoms with Crippen molar-refractivity contribution in [2.75, 3.05) is 50.0 Å². The van der Waals surface area contributed by atoms with Gasteiger partial charge in [-0.2, -0.15) is 0 Å². The average Bonchev–Trinajstić information content (AvgIpc) is 2.78. The maximum atomic E-state index is 11.9. The van der Waals surface area contributed by atoms with Gasteiger partial charge in [0.15, 0.2) is 0 Å². The molecule has 31 heavy (non-hydrogen) atoms. The fourth-order valence-corrected chi connectivity index (χ4v) is 3.37. The van der Waals surface area contributed by atoms with E-state index in [0.29, 0.717) is 18.7 Å². The van der Waals surface area contributed by atoms with Crippen molar-refractivity contribution in [1.82, 2.24) is 10.2 Å². The summed E-state index contributed by atoms with van der Waals surface area (Å²) in [7, 11) is 2.14. The van der Waals surface area contributed by atoms with Gasteiger partial charge in [-0.1, -0.05) is 12.1 Å². The molecule has 0 bridgehead atoms. The standard InChI is InChI=1S/C22H27N5O4/c1-25-13-15-26(16-14-25)19-8-4-17(5-9-19)3-2-12-23-21(28)22(29)24-18-6-10-20(11-7-18)27(30)31/h4-11H,2-3,12-16H2,1H3,(H,23,28)(H,24,29). The number of non-ortho nitro benzene ring substituents is 1. The Bertz CT molecular complexity index is 907. The summed E-state index contributed by atoms with van der Waals surface area (Å²) in [5, 5.41) is 15.7. The molecule has 1 aliphatic rings. The van der Waals surface area contributed by atoms with E-state index >= 15 is 0 Å². The second kappa shape index (κ2) is 10.5. The van der Waals surface area contributed by atoms with E-state index in [2.05, 4.69) is 51.7 Å². The SMILES string of the molecule is CN1CCN(c2ccc(CCCNC(=O)C(=O)Nc3ccc([N+](=O)[O-])cc3)cc2)CC1. The van der Waals surface area contributed by atoms with E-state index in [1.165, 1.54) is 35.5 Å². The number of hydrogen-bond acceptors (Lipinski definition) is 6. The van der Waals surface area contributed by atoms with Gasteiger partial charge in [0.25, 0.3) is 5.69 Å². The first-order chi connectivity index (χ1) is 14.9. The van der Waals surface area contributed by atoms with Crippen LogP contribution in [0.5, 0.6) is 0 Å². The summed E-state index contributed by atoms with van der Waals surface area (Å²) in [6.45, 7) is 4.58. The van der Waals surface area contributed by atoms with Gasteiger partial charge in [0.05, 0.1) is 4.92 Å². The van der Waals surface area contributed by atoms with Crippen LogP contribution in [0.25, 0.3) is 0 Å².